The fourth-order valence-corrected chi connectivity index (χ4v) is 6.57. The van der Waals surface area contributed by atoms with Crippen LogP contribution >= 0.6 is 12.2 Å². The molecule has 20 nitrogen and oxygen atoms in total. The molecule has 12 atom stereocenters. The zero-order valence-electron chi connectivity index (χ0n) is 31.1. The van der Waals surface area contributed by atoms with Crippen molar-refractivity contribution < 1.29 is 80.9 Å². The molecule has 1 aliphatic carbocycles. The van der Waals surface area contributed by atoms with Crippen LogP contribution in [0.15, 0.2) is 0 Å². The highest BCUT2D eigenvalue weighted by atomic mass is 32.1. The molecule has 3 aliphatic rings. The van der Waals surface area contributed by atoms with Crippen molar-refractivity contribution in [1.29, 1.82) is 0 Å². The lowest BCUT2D eigenvalue weighted by molar-refractivity contribution is -0.345. The molecule has 0 amide bonds. The van der Waals surface area contributed by atoms with Crippen LogP contribution in [0.4, 0.5) is 0 Å². The fraction of sp³-hybridized carbons (Fsp3) is 0.758. The van der Waals surface area contributed by atoms with E-state index in [0.717, 1.165) is 74.1 Å². The smallest absolute Gasteiger partial charge is 0.303 e. The molecule has 304 valence electrons. The summed E-state index contributed by atoms with van der Waals surface area (Å²) in [7, 11) is 0. The highest BCUT2D eigenvalue weighted by Crippen LogP contribution is 2.35. The lowest BCUT2D eigenvalue weighted by atomic mass is 9.91. The minimum absolute atomic E-state index is 0.0614. The summed E-state index contributed by atoms with van der Waals surface area (Å²) in [6, 6.07) is -0.380. The number of ether oxygens (including phenoxy) is 10. The molecule has 0 unspecified atom stereocenters. The van der Waals surface area contributed by atoms with Crippen LogP contribution in [0.3, 0.4) is 0 Å². The molecule has 0 aromatic heterocycles. The van der Waals surface area contributed by atoms with Gasteiger partial charge in [-0.15, -0.1) is 0 Å². The monoisotopic (exact) mass is 791 g/mol. The predicted octanol–water partition coefficient (Wildman–Crippen LogP) is -0.660. The molecule has 1 saturated carbocycles. The largest absolute Gasteiger partial charge is 0.463 e. The van der Waals surface area contributed by atoms with E-state index >= 15 is 0 Å². The molecule has 0 bridgehead atoms. The van der Waals surface area contributed by atoms with Crippen molar-refractivity contribution in [3.8, 4) is 0 Å². The summed E-state index contributed by atoms with van der Waals surface area (Å²) in [4.78, 5) is 86.0. The number of hydrogen-bond donors (Lipinski definition) is 3. The highest BCUT2D eigenvalue weighted by Gasteiger charge is 2.57. The number of thiocarbonyl (C=S) groups is 1. The molecule has 0 radical (unpaired) electrons. The van der Waals surface area contributed by atoms with Crippen LogP contribution in [0.5, 0.6) is 0 Å². The number of nitrogens with two attached hydrogens (primary N) is 1. The minimum Gasteiger partial charge on any atom is -0.463 e. The summed E-state index contributed by atoms with van der Waals surface area (Å²) in [5, 5.41) is 6.14. The van der Waals surface area contributed by atoms with Gasteiger partial charge in [0.25, 0.3) is 0 Å². The summed E-state index contributed by atoms with van der Waals surface area (Å²) in [5.74, 6) is -5.84. The van der Waals surface area contributed by atoms with Crippen LogP contribution in [0.1, 0.15) is 74.1 Å². The number of esters is 7. The molecule has 54 heavy (non-hydrogen) atoms. The Hall–Kier alpha value is -4.18. The molecule has 0 aromatic rings. The van der Waals surface area contributed by atoms with Gasteiger partial charge in [-0.2, -0.15) is 0 Å². The van der Waals surface area contributed by atoms with E-state index in [4.69, 9.17) is 65.3 Å². The number of carbonyl (C=O) groups excluding carboxylic acids is 7. The molecular formula is C33H49N3O17S. The van der Waals surface area contributed by atoms with Gasteiger partial charge in [0.15, 0.2) is 48.2 Å². The number of nitrogens with one attached hydrogen (secondary N) is 2. The van der Waals surface area contributed by atoms with Crippen molar-refractivity contribution in [3.05, 3.63) is 0 Å². The lowest BCUT2D eigenvalue weighted by Crippen LogP contribution is -2.69. The van der Waals surface area contributed by atoms with Gasteiger partial charge < -0.3 is 63.7 Å². The van der Waals surface area contributed by atoms with Crippen LogP contribution in [0.2, 0.25) is 0 Å². The quantitative estimate of drug-likeness (QED) is 0.119. The molecule has 2 saturated heterocycles. The fourth-order valence-electron chi connectivity index (χ4n) is 6.31. The van der Waals surface area contributed by atoms with Gasteiger partial charge in [-0.1, -0.05) is 12.8 Å². The Morgan fingerprint density at radius 2 is 1.02 bits per heavy atom. The molecule has 4 N–H and O–H groups in total. The number of rotatable bonds is 13. The van der Waals surface area contributed by atoms with E-state index in [9.17, 15) is 33.6 Å². The predicted molar refractivity (Wildman–Crippen MR) is 182 cm³/mol. The van der Waals surface area contributed by atoms with Gasteiger partial charge >= 0.3 is 41.8 Å². The van der Waals surface area contributed by atoms with Gasteiger partial charge in [0, 0.05) is 60.5 Å². The van der Waals surface area contributed by atoms with Crippen LogP contribution in [0, 0.1) is 0 Å². The van der Waals surface area contributed by atoms with Crippen molar-refractivity contribution in [1.82, 2.24) is 10.6 Å². The zero-order valence-corrected chi connectivity index (χ0v) is 31.9. The Morgan fingerprint density at radius 3 is 1.52 bits per heavy atom. The summed E-state index contributed by atoms with van der Waals surface area (Å²) in [6.45, 7) is 6.44. The second kappa shape index (κ2) is 20.5. The van der Waals surface area contributed by atoms with Crippen LogP contribution < -0.4 is 16.4 Å². The second-order valence-electron chi connectivity index (χ2n) is 12.9. The number of hydrogen-bond acceptors (Lipinski definition) is 19. The first-order valence-corrected chi connectivity index (χ1v) is 17.7. The van der Waals surface area contributed by atoms with Gasteiger partial charge in [0.05, 0.1) is 0 Å². The summed E-state index contributed by atoms with van der Waals surface area (Å²) in [6.07, 6.45) is -12.0. The van der Waals surface area contributed by atoms with E-state index in [2.05, 4.69) is 10.6 Å². The molecule has 3 fully saturated rings. The molecule has 2 heterocycles. The second-order valence-corrected chi connectivity index (χ2v) is 13.3. The average Bonchev–Trinajstić information content (AvgIpc) is 3.04. The van der Waals surface area contributed by atoms with Crippen molar-refractivity contribution >= 4 is 59.1 Å². The maximum Gasteiger partial charge on any atom is 0.303 e. The van der Waals surface area contributed by atoms with E-state index in [1.54, 1.807) is 0 Å². The maximum atomic E-state index is 12.6. The minimum atomic E-state index is -1.80. The van der Waals surface area contributed by atoms with Gasteiger partial charge in [-0.05, 0) is 25.1 Å². The maximum absolute atomic E-state index is 12.6. The van der Waals surface area contributed by atoms with E-state index in [1.165, 1.54) is 0 Å². The third kappa shape index (κ3) is 13.3. The molecule has 0 spiro atoms. The third-order valence-electron chi connectivity index (χ3n) is 8.34. The SMILES string of the molecule is CC(=O)OC[C@H]1O[C@@H](NC(=S)N[C@@H]2CCCC[C@H]2N)[C@H](OC(C)=O)[C@@H](OC(C)=O)[C@@H]1O[C@@H]1O[C@H](COC(C)=O)[C@@H](OC(C)=O)[C@H](OC(C)=O)[C@H]1OC(C)=O. The summed E-state index contributed by atoms with van der Waals surface area (Å²) >= 11 is 5.56. The third-order valence-corrected chi connectivity index (χ3v) is 8.57. The summed E-state index contributed by atoms with van der Waals surface area (Å²) in [5.41, 5.74) is 6.29. The first-order valence-electron chi connectivity index (χ1n) is 17.3. The van der Waals surface area contributed by atoms with Crippen LogP contribution in [-0.4, -0.2) is 134 Å². The van der Waals surface area contributed by atoms with Gasteiger partial charge in [0.2, 0.25) is 0 Å². The van der Waals surface area contributed by atoms with Gasteiger partial charge in [-0.3, -0.25) is 33.6 Å². The number of carbonyl (C=O) groups is 7. The Bertz CT molecular complexity index is 1400. The first-order chi connectivity index (χ1) is 25.4. The average molecular weight is 792 g/mol. The Balaban J connectivity index is 2.11. The van der Waals surface area contributed by atoms with Crippen molar-refractivity contribution in [3.63, 3.8) is 0 Å². The van der Waals surface area contributed by atoms with Crippen molar-refractivity contribution in [2.75, 3.05) is 13.2 Å². The van der Waals surface area contributed by atoms with Gasteiger partial charge in [-0.25, -0.2) is 0 Å². The normalized spacial score (nSPS) is 32.1. The zero-order chi connectivity index (χ0) is 40.3. The topological polar surface area (TPSA) is 262 Å². The first kappa shape index (κ1) is 44.2. The van der Waals surface area contributed by atoms with E-state index < -0.39 is 116 Å². The molecule has 3 rings (SSSR count). The molecule has 21 heteroatoms. The van der Waals surface area contributed by atoms with Gasteiger partial charge in [0.1, 0.15) is 31.5 Å². The standard InChI is InChI=1S/C33H49N3O17S/c1-14(37)44-12-23-26(27(47-17(4)40)29(49-19(6)42)31(51-23)36-33(54)35-22-11-9-8-10-21(22)34)53-32-30(50-20(7)43)28(48-18(5)41)25(46-16(3)39)24(52-32)13-45-15(2)38/h21-32H,8-13,34H2,1-7H3,(H2,35,36,54)/t21-,22-,23-,24-,25-,26-,27+,28+,29-,30-,31-,32+/m1/s1. The lowest BCUT2D eigenvalue weighted by Gasteiger charge is -2.49. The molecule has 2 aliphatic heterocycles. The van der Waals surface area contributed by atoms with Crippen molar-refractivity contribution in [2.24, 2.45) is 5.73 Å². The Kier molecular flexibility index (Phi) is 16.8. The molecule has 0 aromatic carbocycles. The Labute approximate surface area is 316 Å². The highest BCUT2D eigenvalue weighted by molar-refractivity contribution is 7.80. The van der Waals surface area contributed by atoms with E-state index in [0.29, 0.717) is 0 Å². The van der Waals surface area contributed by atoms with Crippen LogP contribution in [-0.2, 0) is 80.9 Å². The van der Waals surface area contributed by atoms with Crippen molar-refractivity contribution in [2.45, 2.75) is 148 Å². The Morgan fingerprint density at radius 1 is 0.574 bits per heavy atom. The van der Waals surface area contributed by atoms with Crippen LogP contribution in [0.25, 0.3) is 0 Å². The summed E-state index contributed by atoms with van der Waals surface area (Å²) < 4.78 is 56.8. The van der Waals surface area contributed by atoms with E-state index in [-0.39, 0.29) is 17.2 Å². The molecular weight excluding hydrogens is 742 g/mol. The van der Waals surface area contributed by atoms with E-state index in [1.807, 2.05) is 0 Å².